The Morgan fingerprint density at radius 1 is 0.867 bits per heavy atom. The van der Waals surface area contributed by atoms with Gasteiger partial charge in [0, 0.05) is 24.7 Å². The van der Waals surface area contributed by atoms with E-state index in [0.717, 1.165) is 10.6 Å². The number of primary amides is 1. The van der Waals surface area contributed by atoms with Gasteiger partial charge in [-0.1, -0.05) is 60.7 Å². The normalized spacial score (nSPS) is 12.2. The van der Waals surface area contributed by atoms with Crippen LogP contribution >= 0.6 is 0 Å². The minimum Gasteiger partial charge on any atom is -0.481 e. The van der Waals surface area contributed by atoms with E-state index >= 15 is 0 Å². The van der Waals surface area contributed by atoms with Crippen LogP contribution in [0.4, 0.5) is 31.1 Å². The van der Waals surface area contributed by atoms with Crippen LogP contribution in [0.15, 0.2) is 91.4 Å². The van der Waals surface area contributed by atoms with Crippen molar-refractivity contribution in [2.75, 3.05) is 7.05 Å². The average molecular weight is 635 g/mol. The number of aliphatic carboxylic acids is 1. The van der Waals surface area contributed by atoms with Gasteiger partial charge < -0.3 is 15.7 Å². The molecule has 2 amide bonds. The first-order valence-corrected chi connectivity index (χ1v) is 13.2. The molecule has 1 unspecified atom stereocenters. The van der Waals surface area contributed by atoms with Gasteiger partial charge in [-0.05, 0) is 36.2 Å². The fraction of sp³-hybridized carbons (Fsp3) is 0.226. The summed E-state index contributed by atoms with van der Waals surface area (Å²) in [5.41, 5.74) is 2.82. The monoisotopic (exact) mass is 634 g/mol. The Bertz CT molecular complexity index is 1550. The van der Waals surface area contributed by atoms with Crippen molar-refractivity contribution < 1.29 is 45.8 Å². The maximum absolute atomic E-state index is 13.3. The number of carboxylic acids is 1. The molecular formula is C31H28F6N4O4. The number of nitrogens with zero attached hydrogens (tertiary/aromatic N) is 3. The third-order valence-corrected chi connectivity index (χ3v) is 6.70. The average Bonchev–Trinajstić information content (AvgIpc) is 3.43. The Hall–Kier alpha value is -5.14. The highest BCUT2D eigenvalue weighted by molar-refractivity contribution is 5.95. The predicted molar refractivity (Wildman–Crippen MR) is 151 cm³/mol. The number of hydrogen-bond acceptors (Lipinski definition) is 4. The van der Waals surface area contributed by atoms with E-state index in [-0.39, 0.29) is 6.07 Å². The summed E-state index contributed by atoms with van der Waals surface area (Å²) in [5.74, 6) is -3.20. The van der Waals surface area contributed by atoms with Gasteiger partial charge in [0.2, 0.25) is 0 Å². The SMILES string of the molecule is CN(C(=O)c1cc(C(F)(F)F)cc(C(F)(F)F)c1)C(CC(=O)O)C(c1ccccc1)c1ccccc1.Cc1cn(C(N)=O)cn1. The van der Waals surface area contributed by atoms with Gasteiger partial charge in [-0.3, -0.25) is 14.2 Å². The third kappa shape index (κ3) is 9.17. The van der Waals surface area contributed by atoms with Gasteiger partial charge in [0.15, 0.2) is 0 Å². The number of aromatic nitrogens is 2. The van der Waals surface area contributed by atoms with Gasteiger partial charge in [-0.15, -0.1) is 0 Å². The first-order valence-electron chi connectivity index (χ1n) is 13.2. The van der Waals surface area contributed by atoms with E-state index < -0.39 is 65.3 Å². The highest BCUT2D eigenvalue weighted by Gasteiger charge is 2.39. The van der Waals surface area contributed by atoms with Crippen LogP contribution in [0, 0.1) is 6.92 Å². The van der Waals surface area contributed by atoms with E-state index in [9.17, 15) is 45.8 Å². The number of nitrogens with two attached hydrogens (primary N) is 1. The fourth-order valence-corrected chi connectivity index (χ4v) is 4.59. The molecule has 0 saturated carbocycles. The number of amides is 2. The van der Waals surface area contributed by atoms with Crippen molar-refractivity contribution in [3.8, 4) is 0 Å². The highest BCUT2D eigenvalue weighted by atomic mass is 19.4. The topological polar surface area (TPSA) is 119 Å². The summed E-state index contributed by atoms with van der Waals surface area (Å²) in [7, 11) is 1.17. The lowest BCUT2D eigenvalue weighted by Gasteiger charge is -2.35. The number of aryl methyl sites for hydroxylation is 1. The van der Waals surface area contributed by atoms with Crippen molar-refractivity contribution in [3.63, 3.8) is 0 Å². The molecule has 8 nitrogen and oxygen atoms in total. The molecule has 4 rings (SSSR count). The lowest BCUT2D eigenvalue weighted by atomic mass is 9.82. The Morgan fingerprint density at radius 2 is 1.33 bits per heavy atom. The van der Waals surface area contributed by atoms with Gasteiger partial charge >= 0.3 is 24.4 Å². The lowest BCUT2D eigenvalue weighted by molar-refractivity contribution is -0.143. The van der Waals surface area contributed by atoms with Crippen LogP contribution in [-0.2, 0) is 17.1 Å². The molecule has 0 aliphatic carbocycles. The molecule has 3 N–H and O–H groups in total. The summed E-state index contributed by atoms with van der Waals surface area (Å²) < 4.78 is 81.2. The maximum atomic E-state index is 13.3. The molecule has 0 saturated heterocycles. The third-order valence-electron chi connectivity index (χ3n) is 6.70. The minimum absolute atomic E-state index is 0.0672. The van der Waals surface area contributed by atoms with Gasteiger partial charge in [-0.2, -0.15) is 26.3 Å². The first kappa shape index (κ1) is 34.4. The first-order chi connectivity index (χ1) is 21.0. The Labute approximate surface area is 253 Å². The lowest BCUT2D eigenvalue weighted by Crippen LogP contribution is -2.43. The van der Waals surface area contributed by atoms with Crippen LogP contribution in [0.2, 0.25) is 0 Å². The van der Waals surface area contributed by atoms with Crippen LogP contribution in [0.5, 0.6) is 0 Å². The molecule has 3 aromatic carbocycles. The number of carbonyl (C=O) groups excluding carboxylic acids is 2. The summed E-state index contributed by atoms with van der Waals surface area (Å²) in [4.78, 5) is 40.1. The van der Waals surface area contributed by atoms with E-state index in [1.807, 2.05) is 0 Å². The second-order valence-electron chi connectivity index (χ2n) is 9.94. The second-order valence-corrected chi connectivity index (χ2v) is 9.94. The van der Waals surface area contributed by atoms with Gasteiger partial charge in [-0.25, -0.2) is 9.78 Å². The number of benzene rings is 3. The minimum atomic E-state index is -5.13. The molecule has 45 heavy (non-hydrogen) atoms. The van der Waals surface area contributed by atoms with Crippen molar-refractivity contribution in [2.24, 2.45) is 5.73 Å². The van der Waals surface area contributed by atoms with Crippen LogP contribution in [0.1, 0.15) is 50.6 Å². The zero-order valence-electron chi connectivity index (χ0n) is 23.9. The summed E-state index contributed by atoms with van der Waals surface area (Å²) in [6.07, 6.45) is -7.92. The van der Waals surface area contributed by atoms with E-state index in [2.05, 4.69) is 4.98 Å². The molecule has 0 aliphatic rings. The highest BCUT2D eigenvalue weighted by Crippen LogP contribution is 2.38. The smallest absolute Gasteiger partial charge is 0.416 e. The van der Waals surface area contributed by atoms with E-state index in [1.165, 1.54) is 17.9 Å². The molecule has 1 aromatic heterocycles. The number of rotatable bonds is 7. The number of likely N-dealkylation sites (N-methyl/N-ethyl adjacent to an activating group) is 1. The zero-order valence-corrected chi connectivity index (χ0v) is 23.9. The van der Waals surface area contributed by atoms with Crippen LogP contribution < -0.4 is 5.73 Å². The molecule has 238 valence electrons. The van der Waals surface area contributed by atoms with Crippen molar-refractivity contribution in [3.05, 3.63) is 125 Å². The predicted octanol–water partition coefficient (Wildman–Crippen LogP) is 6.59. The summed E-state index contributed by atoms with van der Waals surface area (Å²) in [6.45, 7) is 1.79. The quantitative estimate of drug-likeness (QED) is 0.223. The largest absolute Gasteiger partial charge is 0.481 e. The number of hydrogen-bond donors (Lipinski definition) is 2. The standard InChI is InChI=1S/C26H21F6NO3.C5H7N3O/c1-33(24(36)18-12-19(25(27,28)29)14-20(13-18)26(30,31)32)21(15-22(34)35)23(16-8-4-2-5-9-16)17-10-6-3-7-11-17;1-4-2-8(3-7-4)5(6)9/h2-14,21,23H,15H2,1H3,(H,34,35);2-3H,1H3,(H2,6,9). The fourth-order valence-electron chi connectivity index (χ4n) is 4.59. The molecule has 1 heterocycles. The Kier molecular flexibility index (Phi) is 10.8. The number of carboxylic acid groups (broad SMARTS) is 1. The van der Waals surface area contributed by atoms with E-state index in [1.54, 1.807) is 73.8 Å². The number of alkyl halides is 6. The Balaban J connectivity index is 0.000000525. The van der Waals surface area contributed by atoms with Crippen molar-refractivity contribution >= 4 is 17.9 Å². The van der Waals surface area contributed by atoms with Crippen LogP contribution in [0.25, 0.3) is 0 Å². The van der Waals surface area contributed by atoms with E-state index in [0.29, 0.717) is 23.3 Å². The van der Waals surface area contributed by atoms with Gasteiger partial charge in [0.1, 0.15) is 6.33 Å². The van der Waals surface area contributed by atoms with Crippen molar-refractivity contribution in [2.45, 2.75) is 37.7 Å². The maximum Gasteiger partial charge on any atom is 0.416 e. The van der Waals surface area contributed by atoms with Crippen LogP contribution in [0.3, 0.4) is 0 Å². The number of carbonyl (C=O) groups is 3. The van der Waals surface area contributed by atoms with Crippen molar-refractivity contribution in [1.82, 2.24) is 14.5 Å². The van der Waals surface area contributed by atoms with Gasteiger partial charge in [0.25, 0.3) is 5.91 Å². The molecule has 4 aromatic rings. The molecular weight excluding hydrogens is 606 g/mol. The van der Waals surface area contributed by atoms with Gasteiger partial charge in [0.05, 0.1) is 29.3 Å². The molecule has 0 bridgehead atoms. The number of halogens is 6. The molecule has 0 spiro atoms. The van der Waals surface area contributed by atoms with Crippen molar-refractivity contribution in [1.29, 1.82) is 0 Å². The molecule has 1 atom stereocenters. The molecule has 14 heteroatoms. The molecule has 0 fully saturated rings. The summed E-state index contributed by atoms with van der Waals surface area (Å²) in [5, 5.41) is 9.59. The van der Waals surface area contributed by atoms with E-state index in [4.69, 9.17) is 5.73 Å². The summed E-state index contributed by atoms with van der Waals surface area (Å²) in [6, 6.07) is 16.1. The number of imidazole rings is 1. The summed E-state index contributed by atoms with van der Waals surface area (Å²) >= 11 is 0. The zero-order chi connectivity index (χ0) is 33.5. The van der Waals surface area contributed by atoms with Crippen LogP contribution in [-0.4, -0.2) is 50.6 Å². The molecule has 0 radical (unpaired) electrons. The Morgan fingerprint density at radius 3 is 1.67 bits per heavy atom. The second kappa shape index (κ2) is 14.1. The molecule has 0 aliphatic heterocycles.